The van der Waals surface area contributed by atoms with Crippen molar-refractivity contribution in [3.63, 3.8) is 0 Å². The van der Waals surface area contributed by atoms with Crippen molar-refractivity contribution in [2.45, 2.75) is 0 Å². The molecule has 0 radical (unpaired) electrons. The minimum absolute atomic E-state index is 0.603. The van der Waals surface area contributed by atoms with Crippen molar-refractivity contribution in [2.75, 3.05) is 0 Å². The lowest BCUT2D eigenvalue weighted by Crippen LogP contribution is -1.99. The third kappa shape index (κ3) is 4.96. The van der Waals surface area contributed by atoms with Crippen LogP contribution in [0, 0.1) is 34.0 Å². The second-order valence-electron chi connectivity index (χ2n) is 16.0. The van der Waals surface area contributed by atoms with Gasteiger partial charge in [-0.3, -0.25) is 0 Å². The lowest BCUT2D eigenvalue weighted by molar-refractivity contribution is 1.53. The molecule has 13 rings (SSSR count). The number of thiophene rings is 3. The van der Waals surface area contributed by atoms with Crippen molar-refractivity contribution in [1.82, 2.24) is 0 Å². The maximum absolute atomic E-state index is 11.5. The molecule has 0 atom stereocenters. The number of hydrogen-bond donors (Lipinski definition) is 0. The summed E-state index contributed by atoms with van der Waals surface area (Å²) in [4.78, 5) is 2.66. The second-order valence-corrected chi connectivity index (χ2v) is 18.8. The van der Waals surface area contributed by atoms with E-state index >= 15 is 0 Å². The minimum Gasteiger partial charge on any atom is -0.192 e. The molecular weight excluding hydrogens is 823 g/mol. The largest absolute Gasteiger partial charge is 0.192 e. The Kier molecular flexibility index (Phi) is 7.71. The third-order valence-electron chi connectivity index (χ3n) is 12.9. The molecule has 0 saturated carbocycles. The number of nitrogens with zero attached hydrogens (tertiary/aromatic N) is 3. The molecular formula is C57H27N3S3. The van der Waals surface area contributed by atoms with Crippen LogP contribution in [0.2, 0.25) is 0 Å². The summed E-state index contributed by atoms with van der Waals surface area (Å²) in [7, 11) is 0. The first kappa shape index (κ1) is 35.8. The highest BCUT2D eigenvalue weighted by molar-refractivity contribution is 7.12. The van der Waals surface area contributed by atoms with Gasteiger partial charge in [-0.2, -0.15) is 15.8 Å². The molecule has 0 amide bonds. The molecule has 0 aliphatic heterocycles. The van der Waals surface area contributed by atoms with Gasteiger partial charge >= 0.3 is 0 Å². The normalized spacial score (nSPS) is 15.2. The predicted molar refractivity (Wildman–Crippen MR) is 263 cm³/mol. The van der Waals surface area contributed by atoms with Crippen molar-refractivity contribution < 1.29 is 0 Å². The van der Waals surface area contributed by atoms with Crippen LogP contribution in [-0.4, -0.2) is 0 Å². The summed E-state index contributed by atoms with van der Waals surface area (Å²) in [5.74, 6) is 0. The van der Waals surface area contributed by atoms with Crippen molar-refractivity contribution >= 4 is 99.8 Å². The van der Waals surface area contributed by atoms with E-state index in [1.165, 1.54) is 0 Å². The van der Waals surface area contributed by atoms with E-state index < -0.39 is 0 Å². The smallest absolute Gasteiger partial charge is 0.101 e. The number of fused-ring (bicyclic) bond motifs is 15. The van der Waals surface area contributed by atoms with E-state index in [-0.39, 0.29) is 0 Å². The molecule has 0 saturated heterocycles. The van der Waals surface area contributed by atoms with Gasteiger partial charge in [0.2, 0.25) is 0 Å². The first-order chi connectivity index (χ1) is 31.1. The average Bonchev–Trinajstić information content (AvgIpc) is 4.20. The van der Waals surface area contributed by atoms with E-state index in [1.54, 1.807) is 34.0 Å². The maximum atomic E-state index is 11.5. The summed E-state index contributed by atoms with van der Waals surface area (Å²) in [5.41, 5.74) is 16.4. The van der Waals surface area contributed by atoms with Crippen molar-refractivity contribution in [2.24, 2.45) is 0 Å². The molecule has 3 aliphatic rings. The van der Waals surface area contributed by atoms with E-state index in [0.717, 1.165) is 130 Å². The number of rotatable bonds is 3. The van der Waals surface area contributed by atoms with E-state index in [0.29, 0.717) is 16.7 Å². The zero-order valence-electron chi connectivity index (χ0n) is 33.2. The van der Waals surface area contributed by atoms with Gasteiger partial charge in [-0.15, -0.1) is 34.0 Å². The van der Waals surface area contributed by atoms with Gasteiger partial charge in [0.15, 0.2) is 0 Å². The lowest BCUT2D eigenvalue weighted by atomic mass is 9.81. The van der Waals surface area contributed by atoms with E-state index in [9.17, 15) is 15.8 Å². The Labute approximate surface area is 374 Å². The highest BCUT2D eigenvalue weighted by atomic mass is 32.1. The maximum Gasteiger partial charge on any atom is 0.101 e. The SMILES string of the molecule is N#CC(=C1c2cc3ccccc3cc2-c2c1c1c(c3c2C(=C(C#N)c2cccs2)c2cc4ccccc4cc2-3)C(=C(C#N)c2cccs2)c2cc3ccccc3cc2-1)c1cccs1. The Bertz CT molecular complexity index is 3480. The van der Waals surface area contributed by atoms with Gasteiger partial charge in [0.1, 0.15) is 18.2 Å². The highest BCUT2D eigenvalue weighted by Crippen LogP contribution is 2.67. The minimum atomic E-state index is 0.603. The molecule has 3 nitrogen and oxygen atoms in total. The van der Waals surface area contributed by atoms with E-state index in [4.69, 9.17) is 0 Å². The molecule has 0 N–H and O–H groups in total. The topological polar surface area (TPSA) is 71.4 Å². The van der Waals surface area contributed by atoms with Gasteiger partial charge < -0.3 is 0 Å². The number of allylic oxidation sites excluding steroid dienone is 3. The van der Waals surface area contributed by atoms with Gasteiger partial charge in [0, 0.05) is 48.0 Å². The van der Waals surface area contributed by atoms with Gasteiger partial charge in [-0.25, -0.2) is 0 Å². The second kappa shape index (κ2) is 13.6. The number of benzene rings is 7. The van der Waals surface area contributed by atoms with Crippen LogP contribution in [0.4, 0.5) is 0 Å². The van der Waals surface area contributed by atoms with Crippen molar-refractivity contribution in [1.29, 1.82) is 15.8 Å². The molecule has 0 fully saturated rings. The Morgan fingerprint density at radius 1 is 0.302 bits per heavy atom. The molecule has 0 unspecified atom stereocenters. The fourth-order valence-electron chi connectivity index (χ4n) is 10.4. The molecule has 7 aromatic carbocycles. The summed E-state index contributed by atoms with van der Waals surface area (Å²) in [6.45, 7) is 0. The fourth-order valence-corrected chi connectivity index (χ4v) is 12.6. The lowest BCUT2D eigenvalue weighted by Gasteiger charge is -2.20. The molecule has 6 heteroatoms. The van der Waals surface area contributed by atoms with Crippen LogP contribution < -0.4 is 0 Å². The van der Waals surface area contributed by atoms with Crippen LogP contribution in [0.1, 0.15) is 48.0 Å². The van der Waals surface area contributed by atoms with Gasteiger partial charge in [0.05, 0.1) is 16.7 Å². The Balaban J connectivity index is 1.35. The standard InChI is InChI=1S/C57H27N3S3/c58-28-43(46-16-7-19-61-46)49-37-22-31-10-1-4-13-34(31)25-40(37)52-55(49)53-41-26-35-14-5-2-11-32(35)23-38(41)51(45(30-60)48-18-9-21-63-48)57(53)54-42-27-36-15-6-3-12-33(36)24-39(42)50(56(52)54)44(29-59)47-17-8-20-62-47/h1-27H. The molecule has 288 valence electrons. The first-order valence-electron chi connectivity index (χ1n) is 20.6. The van der Waals surface area contributed by atoms with Gasteiger partial charge in [0.25, 0.3) is 0 Å². The van der Waals surface area contributed by atoms with Crippen LogP contribution in [0.15, 0.2) is 162 Å². The summed E-state index contributed by atoms with van der Waals surface area (Å²) in [6.07, 6.45) is 0. The predicted octanol–water partition coefficient (Wildman–Crippen LogP) is 15.7. The summed E-state index contributed by atoms with van der Waals surface area (Å²) < 4.78 is 0. The molecule has 3 aromatic heterocycles. The molecule has 63 heavy (non-hydrogen) atoms. The summed E-state index contributed by atoms with van der Waals surface area (Å²) >= 11 is 4.69. The molecule has 3 heterocycles. The van der Waals surface area contributed by atoms with Crippen molar-refractivity contribution in [3.05, 3.63) is 210 Å². The van der Waals surface area contributed by atoms with Crippen LogP contribution in [-0.2, 0) is 0 Å². The van der Waals surface area contributed by atoms with Crippen molar-refractivity contribution in [3.8, 4) is 51.6 Å². The monoisotopic (exact) mass is 849 g/mol. The zero-order chi connectivity index (χ0) is 41.9. The third-order valence-corrected chi connectivity index (χ3v) is 15.6. The van der Waals surface area contributed by atoms with Gasteiger partial charge in [-0.05, 0) is 153 Å². The molecule has 0 spiro atoms. The highest BCUT2D eigenvalue weighted by Gasteiger charge is 2.45. The Morgan fingerprint density at radius 3 is 0.778 bits per heavy atom. The average molecular weight is 850 g/mol. The number of hydrogen-bond acceptors (Lipinski definition) is 6. The van der Waals surface area contributed by atoms with E-state index in [1.807, 2.05) is 52.5 Å². The molecule has 10 aromatic rings. The van der Waals surface area contributed by atoms with E-state index in [2.05, 4.69) is 127 Å². The number of nitriles is 3. The van der Waals surface area contributed by atoms with Crippen LogP contribution in [0.25, 0.3) is 99.1 Å². The summed E-state index contributed by atoms with van der Waals surface area (Å²) in [6, 6.07) is 59.3. The quantitative estimate of drug-likeness (QED) is 0.166. The Hall–Kier alpha value is -7.89. The zero-order valence-corrected chi connectivity index (χ0v) is 35.6. The molecule has 3 aliphatic carbocycles. The van der Waals surface area contributed by atoms with Crippen LogP contribution >= 0.6 is 34.0 Å². The Morgan fingerprint density at radius 2 is 0.556 bits per heavy atom. The summed E-state index contributed by atoms with van der Waals surface area (Å²) in [5, 5.41) is 47.0. The van der Waals surface area contributed by atoms with Crippen LogP contribution in [0.5, 0.6) is 0 Å². The molecule has 0 bridgehead atoms. The van der Waals surface area contributed by atoms with Crippen LogP contribution in [0.3, 0.4) is 0 Å². The fraction of sp³-hybridized carbons (Fsp3) is 0. The first-order valence-corrected chi connectivity index (χ1v) is 23.2. The van der Waals surface area contributed by atoms with Gasteiger partial charge in [-0.1, -0.05) is 91.0 Å².